The molecule has 0 bridgehead atoms. The molecule has 1 aromatic heterocycles. The van der Waals surface area contributed by atoms with Gasteiger partial charge >= 0.3 is 0 Å². The first-order valence-corrected chi connectivity index (χ1v) is 8.89. The Hall–Kier alpha value is -0.800. The Balaban J connectivity index is 1.34. The lowest BCUT2D eigenvalue weighted by atomic mass is 9.75. The minimum Gasteiger partial charge on any atom is -0.468 e. The van der Waals surface area contributed by atoms with Crippen LogP contribution in [0.15, 0.2) is 16.7 Å². The third-order valence-corrected chi connectivity index (χ3v) is 5.74. The van der Waals surface area contributed by atoms with Gasteiger partial charge in [0.15, 0.2) is 0 Å². The van der Waals surface area contributed by atoms with Gasteiger partial charge in [-0.15, -0.1) is 0 Å². The molecule has 0 aromatic carbocycles. The number of fused-ring (bicyclic) bond motifs is 1. The summed E-state index contributed by atoms with van der Waals surface area (Å²) in [6, 6.07) is 2.92. The molecular formula is C18H28N2O. The maximum absolute atomic E-state index is 5.77. The molecule has 3 heteroatoms. The Morgan fingerprint density at radius 2 is 1.95 bits per heavy atom. The van der Waals surface area contributed by atoms with Gasteiger partial charge in [-0.3, -0.25) is 4.90 Å². The highest BCUT2D eigenvalue weighted by molar-refractivity contribution is 5.17. The van der Waals surface area contributed by atoms with Gasteiger partial charge in [-0.25, -0.2) is 0 Å². The molecule has 2 heterocycles. The van der Waals surface area contributed by atoms with Crippen LogP contribution in [0.25, 0.3) is 0 Å². The van der Waals surface area contributed by atoms with Crippen molar-refractivity contribution in [2.24, 2.45) is 11.8 Å². The van der Waals surface area contributed by atoms with Crippen molar-refractivity contribution in [3.63, 3.8) is 0 Å². The van der Waals surface area contributed by atoms with Gasteiger partial charge in [0, 0.05) is 24.7 Å². The summed E-state index contributed by atoms with van der Waals surface area (Å²) in [6.07, 6.45) is 11.8. The van der Waals surface area contributed by atoms with Crippen molar-refractivity contribution < 1.29 is 4.42 Å². The van der Waals surface area contributed by atoms with Crippen molar-refractivity contribution in [1.82, 2.24) is 10.2 Å². The summed E-state index contributed by atoms with van der Waals surface area (Å²) in [4.78, 5) is 2.63. The lowest BCUT2D eigenvalue weighted by molar-refractivity contribution is 0.0771. The third kappa shape index (κ3) is 3.35. The monoisotopic (exact) mass is 288 g/mol. The Morgan fingerprint density at radius 1 is 1.10 bits per heavy atom. The molecule has 2 saturated carbocycles. The van der Waals surface area contributed by atoms with Gasteiger partial charge in [-0.1, -0.05) is 19.3 Å². The molecule has 1 aliphatic heterocycles. The fraction of sp³-hybridized carbons (Fsp3) is 0.778. The van der Waals surface area contributed by atoms with Crippen molar-refractivity contribution >= 4 is 0 Å². The summed E-state index contributed by atoms with van der Waals surface area (Å²) in [7, 11) is 0. The van der Waals surface area contributed by atoms with E-state index in [1.807, 2.05) is 6.26 Å². The first-order chi connectivity index (χ1) is 10.4. The molecule has 21 heavy (non-hydrogen) atoms. The minimum absolute atomic E-state index is 0.769. The number of nitrogens with zero attached hydrogens (tertiary/aromatic N) is 1. The molecule has 2 atom stereocenters. The largest absolute Gasteiger partial charge is 0.468 e. The maximum Gasteiger partial charge on any atom is 0.122 e. The summed E-state index contributed by atoms with van der Waals surface area (Å²) < 4.78 is 5.77. The minimum atomic E-state index is 0.769. The smallest absolute Gasteiger partial charge is 0.122 e. The second-order valence-electron chi connectivity index (χ2n) is 7.35. The summed E-state index contributed by atoms with van der Waals surface area (Å²) in [5.41, 5.74) is 1.37. The van der Waals surface area contributed by atoms with E-state index in [0.29, 0.717) is 0 Å². The topological polar surface area (TPSA) is 28.4 Å². The molecule has 1 saturated heterocycles. The highest BCUT2D eigenvalue weighted by Gasteiger charge is 2.31. The number of furan rings is 1. The Bertz CT molecular complexity index is 466. The number of hydrogen-bond acceptors (Lipinski definition) is 3. The van der Waals surface area contributed by atoms with Crippen LogP contribution in [0.2, 0.25) is 0 Å². The number of piperidine rings is 1. The quantitative estimate of drug-likeness (QED) is 0.898. The molecule has 2 aliphatic carbocycles. The Labute approximate surface area is 128 Å². The molecule has 1 N–H and O–H groups in total. The highest BCUT2D eigenvalue weighted by Crippen LogP contribution is 2.36. The number of likely N-dealkylation sites (tertiary alicyclic amines) is 1. The van der Waals surface area contributed by atoms with Gasteiger partial charge in [0.25, 0.3) is 0 Å². The maximum atomic E-state index is 5.77. The van der Waals surface area contributed by atoms with Crippen molar-refractivity contribution in [1.29, 1.82) is 0 Å². The molecule has 2 unspecified atom stereocenters. The molecule has 116 valence electrons. The molecule has 0 amide bonds. The van der Waals surface area contributed by atoms with E-state index in [-0.39, 0.29) is 0 Å². The van der Waals surface area contributed by atoms with Crippen LogP contribution in [0.1, 0.15) is 56.3 Å². The van der Waals surface area contributed by atoms with E-state index in [4.69, 9.17) is 4.42 Å². The summed E-state index contributed by atoms with van der Waals surface area (Å²) >= 11 is 0. The molecule has 3 nitrogen and oxygen atoms in total. The SMILES string of the molecule is c1cc(CNC2CC2)c(CN2CCC3CCCCC3C2)o1. The Morgan fingerprint density at radius 3 is 2.81 bits per heavy atom. The molecular weight excluding hydrogens is 260 g/mol. The van der Waals surface area contributed by atoms with Crippen molar-refractivity contribution in [2.45, 2.75) is 64.1 Å². The molecule has 4 rings (SSSR count). The van der Waals surface area contributed by atoms with Gasteiger partial charge in [-0.05, 0) is 50.1 Å². The van der Waals surface area contributed by atoms with Crippen LogP contribution in [0.4, 0.5) is 0 Å². The van der Waals surface area contributed by atoms with E-state index in [9.17, 15) is 0 Å². The molecule has 1 aromatic rings. The van der Waals surface area contributed by atoms with Crippen LogP contribution in [0.5, 0.6) is 0 Å². The van der Waals surface area contributed by atoms with Gasteiger partial charge in [-0.2, -0.15) is 0 Å². The van der Waals surface area contributed by atoms with E-state index < -0.39 is 0 Å². The van der Waals surface area contributed by atoms with E-state index >= 15 is 0 Å². The molecule has 3 fully saturated rings. The zero-order valence-corrected chi connectivity index (χ0v) is 13.0. The van der Waals surface area contributed by atoms with Crippen LogP contribution in [-0.4, -0.2) is 24.0 Å². The van der Waals surface area contributed by atoms with Crippen molar-refractivity contribution in [3.05, 3.63) is 23.7 Å². The van der Waals surface area contributed by atoms with Crippen LogP contribution >= 0.6 is 0 Å². The fourth-order valence-corrected chi connectivity index (χ4v) is 4.23. The second kappa shape index (κ2) is 6.13. The van der Waals surface area contributed by atoms with Crippen LogP contribution in [-0.2, 0) is 13.1 Å². The van der Waals surface area contributed by atoms with Crippen LogP contribution in [0.3, 0.4) is 0 Å². The predicted molar refractivity (Wildman–Crippen MR) is 83.9 cm³/mol. The van der Waals surface area contributed by atoms with Gasteiger partial charge in [0.1, 0.15) is 5.76 Å². The summed E-state index contributed by atoms with van der Waals surface area (Å²) in [5, 5.41) is 3.60. The van der Waals surface area contributed by atoms with Gasteiger partial charge < -0.3 is 9.73 Å². The highest BCUT2D eigenvalue weighted by atomic mass is 16.3. The van der Waals surface area contributed by atoms with E-state index in [1.54, 1.807) is 0 Å². The first-order valence-electron chi connectivity index (χ1n) is 8.89. The van der Waals surface area contributed by atoms with Crippen LogP contribution < -0.4 is 5.32 Å². The van der Waals surface area contributed by atoms with E-state index in [1.165, 1.54) is 69.4 Å². The number of nitrogens with one attached hydrogen (secondary N) is 1. The summed E-state index contributed by atoms with van der Waals surface area (Å²) in [5.74, 6) is 3.16. The van der Waals surface area contributed by atoms with E-state index in [0.717, 1.165) is 31.0 Å². The predicted octanol–water partition coefficient (Wildman–Crippen LogP) is 3.54. The molecule has 0 radical (unpaired) electrons. The van der Waals surface area contributed by atoms with Crippen molar-refractivity contribution in [3.8, 4) is 0 Å². The van der Waals surface area contributed by atoms with Crippen LogP contribution in [0, 0.1) is 11.8 Å². The average molecular weight is 288 g/mol. The first kappa shape index (κ1) is 13.8. The third-order valence-electron chi connectivity index (χ3n) is 5.74. The standard InChI is InChI=1S/C18H28N2O/c1-2-4-16-12-20(9-7-14(16)3-1)13-18-15(8-10-21-18)11-19-17-5-6-17/h8,10,14,16-17,19H,1-7,9,11-13H2. The average Bonchev–Trinajstić information content (AvgIpc) is 3.25. The molecule has 0 spiro atoms. The second-order valence-corrected chi connectivity index (χ2v) is 7.35. The van der Waals surface area contributed by atoms with Crippen molar-refractivity contribution in [2.75, 3.05) is 13.1 Å². The number of hydrogen-bond donors (Lipinski definition) is 1. The zero-order valence-electron chi connectivity index (χ0n) is 13.0. The zero-order chi connectivity index (χ0) is 14.1. The van der Waals surface area contributed by atoms with Gasteiger partial charge in [0.2, 0.25) is 0 Å². The lowest BCUT2D eigenvalue weighted by Gasteiger charge is -2.41. The Kier molecular flexibility index (Phi) is 4.04. The van der Waals surface area contributed by atoms with E-state index in [2.05, 4.69) is 16.3 Å². The molecule has 3 aliphatic rings. The van der Waals surface area contributed by atoms with Gasteiger partial charge in [0.05, 0.1) is 12.8 Å². The lowest BCUT2D eigenvalue weighted by Crippen LogP contribution is -2.41. The number of rotatable bonds is 5. The fourth-order valence-electron chi connectivity index (χ4n) is 4.23. The summed E-state index contributed by atoms with van der Waals surface area (Å²) in [6.45, 7) is 4.55. The normalized spacial score (nSPS) is 30.3.